The van der Waals surface area contributed by atoms with Gasteiger partial charge < -0.3 is 14.2 Å². The van der Waals surface area contributed by atoms with Crippen LogP contribution in [0.5, 0.6) is 11.5 Å². The van der Waals surface area contributed by atoms with Crippen LogP contribution < -0.4 is 24.4 Å². The zero-order chi connectivity index (χ0) is 25.3. The van der Waals surface area contributed by atoms with Gasteiger partial charge in [0.1, 0.15) is 0 Å². The molecule has 1 atom stereocenters. The Labute approximate surface area is 203 Å². The standard InChI is InChI=1S/C24H21N3O7S/c1-13-20(23(29)34-4)21(15-8-9-17(32-2)18(12-15)33-3)26-22(28)19(35-24(26)25-13)11-14-6-5-7-16(10-14)27(30)31/h5-12,21H,1-4H3/b19-11+/t21-/m0/s1. The van der Waals surface area contributed by atoms with E-state index in [0.29, 0.717) is 37.7 Å². The lowest BCUT2D eigenvalue weighted by molar-refractivity contribution is -0.384. The van der Waals surface area contributed by atoms with E-state index < -0.39 is 22.5 Å². The van der Waals surface area contributed by atoms with Crippen molar-refractivity contribution in [2.24, 2.45) is 4.99 Å². The summed E-state index contributed by atoms with van der Waals surface area (Å²) in [5.74, 6) is 0.316. The molecule has 0 fully saturated rings. The Balaban J connectivity index is 1.97. The summed E-state index contributed by atoms with van der Waals surface area (Å²) >= 11 is 1.13. The van der Waals surface area contributed by atoms with Gasteiger partial charge in [-0.05, 0) is 36.3 Å². The van der Waals surface area contributed by atoms with Crippen molar-refractivity contribution >= 4 is 29.1 Å². The molecule has 0 aliphatic carbocycles. The largest absolute Gasteiger partial charge is 0.493 e. The number of methoxy groups -OCH3 is 3. The lowest BCUT2D eigenvalue weighted by atomic mass is 9.95. The number of hydrogen-bond donors (Lipinski definition) is 0. The number of rotatable bonds is 6. The fourth-order valence-electron chi connectivity index (χ4n) is 3.91. The van der Waals surface area contributed by atoms with Crippen LogP contribution >= 0.6 is 11.3 Å². The molecule has 0 bridgehead atoms. The number of nitro groups is 1. The van der Waals surface area contributed by atoms with E-state index in [9.17, 15) is 19.7 Å². The van der Waals surface area contributed by atoms with Gasteiger partial charge in [-0.2, -0.15) is 0 Å². The van der Waals surface area contributed by atoms with Crippen LogP contribution in [-0.2, 0) is 9.53 Å². The summed E-state index contributed by atoms with van der Waals surface area (Å²) in [6, 6.07) is 10.3. The van der Waals surface area contributed by atoms with E-state index in [1.54, 1.807) is 43.3 Å². The molecule has 10 nitrogen and oxygen atoms in total. The molecule has 0 radical (unpaired) electrons. The highest BCUT2D eigenvalue weighted by molar-refractivity contribution is 7.07. The van der Waals surface area contributed by atoms with Crippen molar-refractivity contribution in [2.75, 3.05) is 21.3 Å². The molecular weight excluding hydrogens is 474 g/mol. The molecule has 1 aromatic heterocycles. The molecule has 2 heterocycles. The third-order valence-electron chi connectivity index (χ3n) is 5.53. The van der Waals surface area contributed by atoms with Gasteiger partial charge in [0, 0.05) is 12.1 Å². The first kappa shape index (κ1) is 23.9. The molecule has 3 aromatic rings. The van der Waals surface area contributed by atoms with Gasteiger partial charge in [-0.15, -0.1) is 0 Å². The number of carbonyl (C=O) groups excluding carboxylic acids is 1. The fourth-order valence-corrected chi connectivity index (χ4v) is 4.96. The van der Waals surface area contributed by atoms with Crippen LogP contribution in [-0.4, -0.2) is 36.8 Å². The Hall–Kier alpha value is -4.25. The minimum atomic E-state index is -0.828. The van der Waals surface area contributed by atoms with E-state index in [1.807, 2.05) is 0 Å². The van der Waals surface area contributed by atoms with Gasteiger partial charge in [0.05, 0.1) is 48.1 Å². The topological polar surface area (TPSA) is 122 Å². The molecule has 4 rings (SSSR count). The van der Waals surface area contributed by atoms with E-state index in [2.05, 4.69) is 4.99 Å². The molecule has 0 N–H and O–H groups in total. The van der Waals surface area contributed by atoms with Crippen LogP contribution in [0.1, 0.15) is 24.1 Å². The van der Waals surface area contributed by atoms with Crippen LogP contribution in [0.2, 0.25) is 0 Å². The number of benzene rings is 2. The zero-order valence-electron chi connectivity index (χ0n) is 19.3. The number of nitrogens with zero attached hydrogens (tertiary/aromatic N) is 3. The number of carbonyl (C=O) groups is 1. The number of esters is 1. The Morgan fingerprint density at radius 1 is 1.14 bits per heavy atom. The third-order valence-corrected chi connectivity index (χ3v) is 6.51. The first-order valence-electron chi connectivity index (χ1n) is 10.4. The van der Waals surface area contributed by atoms with Crippen molar-refractivity contribution in [3.8, 4) is 11.5 Å². The van der Waals surface area contributed by atoms with E-state index in [1.165, 1.54) is 38.0 Å². The number of non-ortho nitro benzene ring substituents is 1. The summed E-state index contributed by atoms with van der Waals surface area (Å²) in [4.78, 5) is 41.9. The highest BCUT2D eigenvalue weighted by Crippen LogP contribution is 2.35. The zero-order valence-corrected chi connectivity index (χ0v) is 20.1. The van der Waals surface area contributed by atoms with Crippen molar-refractivity contribution in [3.63, 3.8) is 0 Å². The van der Waals surface area contributed by atoms with Gasteiger partial charge >= 0.3 is 5.97 Å². The summed E-state index contributed by atoms with van der Waals surface area (Å²) in [5, 5.41) is 11.1. The Morgan fingerprint density at radius 3 is 2.54 bits per heavy atom. The Morgan fingerprint density at radius 2 is 1.89 bits per heavy atom. The van der Waals surface area contributed by atoms with Crippen molar-refractivity contribution in [1.29, 1.82) is 0 Å². The maximum Gasteiger partial charge on any atom is 0.338 e. The van der Waals surface area contributed by atoms with Crippen LogP contribution in [0.25, 0.3) is 6.08 Å². The predicted molar refractivity (Wildman–Crippen MR) is 128 cm³/mol. The molecule has 11 heteroatoms. The van der Waals surface area contributed by atoms with Crippen LogP contribution in [0.4, 0.5) is 5.69 Å². The van der Waals surface area contributed by atoms with Crippen molar-refractivity contribution in [2.45, 2.75) is 13.0 Å². The molecule has 2 aromatic carbocycles. The molecule has 0 saturated heterocycles. The first-order valence-corrected chi connectivity index (χ1v) is 11.2. The van der Waals surface area contributed by atoms with Crippen molar-refractivity contribution in [3.05, 3.63) is 94.7 Å². The van der Waals surface area contributed by atoms with Crippen LogP contribution in [0.3, 0.4) is 0 Å². The predicted octanol–water partition coefficient (Wildman–Crippen LogP) is 2.33. The average Bonchev–Trinajstić information content (AvgIpc) is 3.16. The smallest absolute Gasteiger partial charge is 0.338 e. The highest BCUT2D eigenvalue weighted by Gasteiger charge is 2.33. The molecule has 0 spiro atoms. The number of allylic oxidation sites excluding steroid dienone is 1. The van der Waals surface area contributed by atoms with Gasteiger partial charge in [-0.3, -0.25) is 19.5 Å². The highest BCUT2D eigenvalue weighted by atomic mass is 32.1. The Bertz CT molecular complexity index is 1550. The second-order valence-corrected chi connectivity index (χ2v) is 8.55. The average molecular weight is 496 g/mol. The maximum atomic E-state index is 13.6. The summed E-state index contributed by atoms with van der Waals surface area (Å²) < 4.78 is 17.5. The summed E-state index contributed by atoms with van der Waals surface area (Å²) in [5.41, 5.74) is 1.25. The van der Waals surface area contributed by atoms with Gasteiger partial charge in [-0.1, -0.05) is 29.5 Å². The number of hydrogen-bond acceptors (Lipinski definition) is 9. The van der Waals surface area contributed by atoms with Crippen LogP contribution in [0.15, 0.2) is 63.5 Å². The minimum absolute atomic E-state index is 0.0847. The number of ether oxygens (including phenoxy) is 3. The Kier molecular flexibility index (Phi) is 6.52. The SMILES string of the molecule is COC(=O)C1=C(C)N=c2s/c(=C/c3cccc([N+](=O)[O-])c3)c(=O)n2[C@H]1c1ccc(OC)c(OC)c1. The minimum Gasteiger partial charge on any atom is -0.493 e. The first-order chi connectivity index (χ1) is 16.8. The fraction of sp³-hybridized carbons (Fsp3) is 0.208. The van der Waals surface area contributed by atoms with Gasteiger partial charge in [0.15, 0.2) is 16.3 Å². The molecule has 35 heavy (non-hydrogen) atoms. The number of fused-ring (bicyclic) bond motifs is 1. The molecule has 180 valence electrons. The third kappa shape index (κ3) is 4.33. The van der Waals surface area contributed by atoms with Gasteiger partial charge in [0.25, 0.3) is 11.2 Å². The molecule has 0 saturated carbocycles. The van der Waals surface area contributed by atoms with E-state index in [0.717, 1.165) is 11.3 Å². The van der Waals surface area contributed by atoms with E-state index in [-0.39, 0.29) is 11.3 Å². The second-order valence-electron chi connectivity index (χ2n) is 7.54. The molecule has 1 aliphatic heterocycles. The van der Waals surface area contributed by atoms with E-state index in [4.69, 9.17) is 14.2 Å². The monoisotopic (exact) mass is 495 g/mol. The van der Waals surface area contributed by atoms with Crippen LogP contribution in [0, 0.1) is 10.1 Å². The van der Waals surface area contributed by atoms with Gasteiger partial charge in [-0.25, -0.2) is 9.79 Å². The second kappa shape index (κ2) is 9.55. The van der Waals surface area contributed by atoms with Crippen molar-refractivity contribution < 1.29 is 23.9 Å². The molecule has 0 amide bonds. The van der Waals surface area contributed by atoms with Crippen molar-refractivity contribution in [1.82, 2.24) is 4.57 Å². The molecule has 1 aliphatic rings. The maximum absolute atomic E-state index is 13.6. The quantitative estimate of drug-likeness (QED) is 0.292. The molecule has 0 unspecified atom stereocenters. The number of aromatic nitrogens is 1. The molecular formula is C24H21N3O7S. The number of nitro benzene ring substituents is 1. The lowest BCUT2D eigenvalue weighted by Gasteiger charge is -2.25. The van der Waals surface area contributed by atoms with E-state index >= 15 is 0 Å². The normalized spacial score (nSPS) is 15.3. The summed E-state index contributed by atoms with van der Waals surface area (Å²) in [6.07, 6.45) is 1.57. The van der Waals surface area contributed by atoms with Gasteiger partial charge in [0.2, 0.25) is 0 Å². The number of thiazole rings is 1. The summed E-state index contributed by atoms with van der Waals surface area (Å²) in [7, 11) is 4.27. The lowest BCUT2D eigenvalue weighted by Crippen LogP contribution is -2.39. The summed E-state index contributed by atoms with van der Waals surface area (Å²) in [6.45, 7) is 1.68.